The van der Waals surface area contributed by atoms with Crippen LogP contribution < -0.4 is 5.56 Å². The van der Waals surface area contributed by atoms with E-state index >= 15 is 0 Å². The van der Waals surface area contributed by atoms with Crippen LogP contribution in [-0.2, 0) is 6.42 Å². The van der Waals surface area contributed by atoms with Crippen molar-refractivity contribution >= 4 is 0 Å². The van der Waals surface area contributed by atoms with E-state index in [4.69, 9.17) is 0 Å². The van der Waals surface area contributed by atoms with Gasteiger partial charge in [-0.3, -0.25) is 9.36 Å². The molecule has 1 unspecified atom stereocenters. The molecule has 1 heterocycles. The van der Waals surface area contributed by atoms with E-state index in [1.807, 2.05) is 6.92 Å². The van der Waals surface area contributed by atoms with Crippen LogP contribution in [0.3, 0.4) is 0 Å². The minimum absolute atomic E-state index is 0.119. The Morgan fingerprint density at radius 1 is 0.929 bits per heavy atom. The van der Waals surface area contributed by atoms with E-state index in [2.05, 4.69) is 18.8 Å². The second-order valence-electron chi connectivity index (χ2n) is 6.99. The maximum atomic E-state index is 13.5. The molecule has 0 radical (unpaired) electrons. The van der Waals surface area contributed by atoms with Crippen molar-refractivity contribution in [2.45, 2.75) is 45.6 Å². The van der Waals surface area contributed by atoms with E-state index in [1.165, 1.54) is 24.3 Å². The maximum Gasteiger partial charge on any atom is 0.257 e. The number of hydrogen-bond acceptors (Lipinski definition) is 2. The molecule has 0 spiro atoms. The van der Waals surface area contributed by atoms with Crippen LogP contribution in [0, 0.1) is 11.6 Å². The van der Waals surface area contributed by atoms with Crippen LogP contribution in [0.15, 0.2) is 59.7 Å². The molecule has 3 nitrogen and oxygen atoms in total. The molecule has 3 rings (SSSR count). The van der Waals surface area contributed by atoms with E-state index in [0.29, 0.717) is 12.0 Å². The monoisotopic (exact) mass is 382 g/mol. The van der Waals surface area contributed by atoms with Crippen molar-refractivity contribution in [3.8, 4) is 0 Å². The molecule has 0 saturated heterocycles. The summed E-state index contributed by atoms with van der Waals surface area (Å²) >= 11 is 0. The lowest BCUT2D eigenvalue weighted by atomic mass is 9.96. The molecule has 2 aromatic carbocycles. The first-order valence-electron chi connectivity index (χ1n) is 9.57. The second-order valence-corrected chi connectivity index (χ2v) is 6.99. The van der Waals surface area contributed by atoms with Crippen LogP contribution in [0.2, 0.25) is 0 Å². The summed E-state index contributed by atoms with van der Waals surface area (Å²) < 4.78 is 28.5. The molecule has 1 atom stereocenters. The lowest BCUT2D eigenvalue weighted by Gasteiger charge is -2.23. The van der Waals surface area contributed by atoms with Crippen LogP contribution >= 0.6 is 0 Å². The molecule has 0 aliphatic carbocycles. The Morgan fingerprint density at radius 3 is 1.86 bits per heavy atom. The smallest absolute Gasteiger partial charge is 0.257 e. The van der Waals surface area contributed by atoms with Gasteiger partial charge in [0, 0.05) is 5.56 Å². The minimum Gasteiger partial charge on any atom is -0.287 e. The average Bonchev–Trinajstić information content (AvgIpc) is 2.71. The summed E-state index contributed by atoms with van der Waals surface area (Å²) in [4.78, 5) is 17.9. The summed E-state index contributed by atoms with van der Waals surface area (Å²) in [6.45, 7) is 6.07. The zero-order chi connectivity index (χ0) is 20.3. The first-order valence-corrected chi connectivity index (χ1v) is 9.57. The van der Waals surface area contributed by atoms with Gasteiger partial charge in [-0.05, 0) is 54.2 Å². The van der Waals surface area contributed by atoms with Gasteiger partial charge < -0.3 is 0 Å². The summed E-state index contributed by atoms with van der Waals surface area (Å²) in [6.07, 6.45) is 3.02. The summed E-state index contributed by atoms with van der Waals surface area (Å²) in [5.74, 6) is -0.519. The largest absolute Gasteiger partial charge is 0.287 e. The van der Waals surface area contributed by atoms with E-state index < -0.39 is 6.04 Å². The normalized spacial score (nSPS) is 12.4. The van der Waals surface area contributed by atoms with E-state index in [1.54, 1.807) is 35.2 Å². The molecule has 0 saturated carbocycles. The number of benzene rings is 2. The molecule has 0 amide bonds. The van der Waals surface area contributed by atoms with Crippen molar-refractivity contribution in [1.29, 1.82) is 0 Å². The van der Waals surface area contributed by atoms with Crippen LogP contribution in [0.1, 0.15) is 61.5 Å². The highest BCUT2D eigenvalue weighted by Crippen LogP contribution is 2.27. The van der Waals surface area contributed by atoms with Gasteiger partial charge in [0.1, 0.15) is 11.6 Å². The van der Waals surface area contributed by atoms with E-state index in [-0.39, 0.29) is 23.1 Å². The fourth-order valence-electron chi connectivity index (χ4n) is 3.46. The molecular weight excluding hydrogens is 358 g/mol. The van der Waals surface area contributed by atoms with Gasteiger partial charge in [0.05, 0.1) is 18.1 Å². The predicted molar refractivity (Wildman–Crippen MR) is 107 cm³/mol. The number of aromatic nitrogens is 2. The van der Waals surface area contributed by atoms with Crippen LogP contribution in [0.5, 0.6) is 0 Å². The molecule has 0 bridgehead atoms. The molecule has 0 fully saturated rings. The van der Waals surface area contributed by atoms with Crippen molar-refractivity contribution in [1.82, 2.24) is 9.55 Å². The number of rotatable bonds is 6. The van der Waals surface area contributed by atoms with Crippen molar-refractivity contribution < 1.29 is 8.78 Å². The first-order chi connectivity index (χ1) is 13.5. The van der Waals surface area contributed by atoms with Gasteiger partial charge in [0.25, 0.3) is 5.56 Å². The molecule has 0 aliphatic rings. The maximum absolute atomic E-state index is 13.5. The number of nitrogens with zero attached hydrogens (tertiary/aromatic N) is 2. The molecule has 5 heteroatoms. The van der Waals surface area contributed by atoms with Crippen molar-refractivity contribution in [3.63, 3.8) is 0 Å². The van der Waals surface area contributed by atoms with Gasteiger partial charge in [0.15, 0.2) is 0 Å². The molecular formula is C23H24F2N2O. The van der Waals surface area contributed by atoms with Gasteiger partial charge in [-0.15, -0.1) is 0 Å². The fourth-order valence-corrected chi connectivity index (χ4v) is 3.46. The lowest BCUT2D eigenvalue weighted by molar-refractivity contribution is 0.593. The Morgan fingerprint density at radius 2 is 1.43 bits per heavy atom. The van der Waals surface area contributed by atoms with Crippen LogP contribution in [0.25, 0.3) is 0 Å². The third kappa shape index (κ3) is 3.88. The highest BCUT2D eigenvalue weighted by Gasteiger charge is 2.22. The highest BCUT2D eigenvalue weighted by atomic mass is 19.1. The molecule has 28 heavy (non-hydrogen) atoms. The molecule has 0 aliphatic heterocycles. The Hall–Kier alpha value is -2.82. The third-order valence-corrected chi connectivity index (χ3v) is 5.21. The van der Waals surface area contributed by atoms with Gasteiger partial charge in [-0.25, -0.2) is 13.8 Å². The van der Waals surface area contributed by atoms with Gasteiger partial charge >= 0.3 is 0 Å². The Kier molecular flexibility index (Phi) is 6.02. The lowest BCUT2D eigenvalue weighted by Crippen LogP contribution is -2.31. The van der Waals surface area contributed by atoms with Crippen LogP contribution in [0.4, 0.5) is 8.78 Å². The zero-order valence-electron chi connectivity index (χ0n) is 16.3. The predicted octanol–water partition coefficient (Wildman–Crippen LogP) is 5.24. The number of hydrogen-bond donors (Lipinski definition) is 0. The van der Waals surface area contributed by atoms with Gasteiger partial charge in [-0.1, -0.05) is 45.0 Å². The molecule has 3 aromatic rings. The van der Waals surface area contributed by atoms with Crippen molar-refractivity contribution in [3.05, 3.63) is 99.2 Å². The average molecular weight is 382 g/mol. The molecule has 146 valence electrons. The quantitative estimate of drug-likeness (QED) is 0.585. The standard InChI is InChI=1S/C23H24F2N2O/c1-4-15(3)21-20(5-2)23(28)27(14-26-21)22(16-6-10-18(24)11-7-16)17-8-12-19(25)13-9-17/h6-15,22H,4-5H2,1-3H3. The third-order valence-electron chi connectivity index (χ3n) is 5.21. The van der Waals surface area contributed by atoms with Gasteiger partial charge in [0.2, 0.25) is 0 Å². The topological polar surface area (TPSA) is 34.9 Å². The highest BCUT2D eigenvalue weighted by molar-refractivity contribution is 5.34. The van der Waals surface area contributed by atoms with E-state index in [0.717, 1.165) is 23.2 Å². The number of halogens is 2. The zero-order valence-corrected chi connectivity index (χ0v) is 16.3. The summed E-state index contributed by atoms with van der Waals surface area (Å²) in [6, 6.07) is 11.5. The summed E-state index contributed by atoms with van der Waals surface area (Å²) in [5, 5.41) is 0. The van der Waals surface area contributed by atoms with Gasteiger partial charge in [-0.2, -0.15) is 0 Å². The summed E-state index contributed by atoms with van der Waals surface area (Å²) in [7, 11) is 0. The SMILES string of the molecule is CCc1c(C(C)CC)ncn(C(c2ccc(F)cc2)c2ccc(F)cc2)c1=O. The van der Waals surface area contributed by atoms with Crippen molar-refractivity contribution in [2.75, 3.05) is 0 Å². The molecule has 1 aromatic heterocycles. The molecule has 0 N–H and O–H groups in total. The Bertz CT molecular complexity index is 949. The summed E-state index contributed by atoms with van der Waals surface area (Å²) in [5.41, 5.74) is 2.85. The fraction of sp³-hybridized carbons (Fsp3) is 0.304. The minimum atomic E-state index is -0.516. The van der Waals surface area contributed by atoms with E-state index in [9.17, 15) is 13.6 Å². The first kappa shape index (κ1) is 19.9. The van der Waals surface area contributed by atoms with Crippen LogP contribution in [-0.4, -0.2) is 9.55 Å². The Labute approximate surface area is 163 Å². The second kappa shape index (κ2) is 8.46. The van der Waals surface area contributed by atoms with Crippen molar-refractivity contribution in [2.24, 2.45) is 0 Å². The Balaban J connectivity index is 2.22.